The van der Waals surface area contributed by atoms with Crippen LogP contribution in [-0.2, 0) is 14.3 Å². The molecule has 2 heterocycles. The normalized spacial score (nSPS) is 25.2. The number of hydrogen-bond acceptors (Lipinski definition) is 3. The molecule has 2 rings (SSSR count). The van der Waals surface area contributed by atoms with Gasteiger partial charge in [-0.05, 0) is 43.4 Å². The minimum absolute atomic E-state index is 0.0337. The van der Waals surface area contributed by atoms with E-state index in [0.29, 0.717) is 18.9 Å². The Bertz CT molecular complexity index is 452. The fraction of sp³-hybridized carbons (Fsp3) is 0.900. The van der Waals surface area contributed by atoms with Gasteiger partial charge in [0, 0.05) is 44.7 Å². The molecule has 2 amide bonds. The fourth-order valence-corrected chi connectivity index (χ4v) is 3.53. The Kier molecular flexibility index (Phi) is 7.29. The lowest BCUT2D eigenvalue weighted by Gasteiger charge is -2.22. The number of hydrogen-bond donors (Lipinski definition) is 1. The SMILES string of the molecule is CC(CCC(C)(C)C)C(=O)N[C@@H]1CCN(C(=O)CCC2CCOC2)C1. The van der Waals surface area contributed by atoms with Gasteiger partial charge < -0.3 is 15.0 Å². The monoisotopic (exact) mass is 352 g/mol. The fourth-order valence-electron chi connectivity index (χ4n) is 3.53. The van der Waals surface area contributed by atoms with E-state index in [1.54, 1.807) is 0 Å². The number of carbonyl (C=O) groups excluding carboxylic acids is 2. The number of nitrogens with zero attached hydrogens (tertiary/aromatic N) is 1. The molecule has 0 radical (unpaired) electrons. The van der Waals surface area contributed by atoms with Crippen LogP contribution in [0.25, 0.3) is 0 Å². The molecule has 0 aromatic heterocycles. The van der Waals surface area contributed by atoms with E-state index in [2.05, 4.69) is 26.1 Å². The number of nitrogens with one attached hydrogen (secondary N) is 1. The van der Waals surface area contributed by atoms with Crippen molar-refractivity contribution in [2.24, 2.45) is 17.3 Å². The van der Waals surface area contributed by atoms with Gasteiger partial charge in [-0.1, -0.05) is 27.7 Å². The first-order valence-electron chi connectivity index (χ1n) is 9.90. The van der Waals surface area contributed by atoms with Crippen molar-refractivity contribution in [3.63, 3.8) is 0 Å². The molecule has 0 aromatic carbocycles. The first-order valence-corrected chi connectivity index (χ1v) is 9.90. The number of rotatable bonds is 7. The highest BCUT2D eigenvalue weighted by molar-refractivity contribution is 5.79. The molecule has 0 bridgehead atoms. The van der Waals surface area contributed by atoms with Gasteiger partial charge in [0.15, 0.2) is 0 Å². The maximum Gasteiger partial charge on any atom is 0.223 e. The summed E-state index contributed by atoms with van der Waals surface area (Å²) in [6.45, 7) is 11.7. The van der Waals surface area contributed by atoms with Crippen molar-refractivity contribution >= 4 is 11.8 Å². The lowest BCUT2D eigenvalue weighted by Crippen LogP contribution is -2.41. The molecule has 5 nitrogen and oxygen atoms in total. The first kappa shape index (κ1) is 20.2. The standard InChI is InChI=1S/C20H36N2O3/c1-15(7-10-20(2,3)4)19(24)21-17-8-11-22(13-17)18(23)6-5-16-9-12-25-14-16/h15-17H,5-14H2,1-4H3,(H,21,24)/t15?,16?,17-/m1/s1. The molecule has 0 aliphatic carbocycles. The van der Waals surface area contributed by atoms with Crippen LogP contribution in [0, 0.1) is 17.3 Å². The third-order valence-corrected chi connectivity index (χ3v) is 5.45. The van der Waals surface area contributed by atoms with E-state index in [0.717, 1.165) is 51.9 Å². The van der Waals surface area contributed by atoms with E-state index in [9.17, 15) is 9.59 Å². The Morgan fingerprint density at radius 3 is 2.68 bits per heavy atom. The van der Waals surface area contributed by atoms with Crippen LogP contribution in [0.15, 0.2) is 0 Å². The van der Waals surface area contributed by atoms with Crippen LogP contribution >= 0.6 is 0 Å². The van der Waals surface area contributed by atoms with Gasteiger partial charge in [0.25, 0.3) is 0 Å². The summed E-state index contributed by atoms with van der Waals surface area (Å²) in [5, 5.41) is 3.14. The maximum absolute atomic E-state index is 12.4. The summed E-state index contributed by atoms with van der Waals surface area (Å²) in [7, 11) is 0. The largest absolute Gasteiger partial charge is 0.381 e. The van der Waals surface area contributed by atoms with Crippen LogP contribution in [0.5, 0.6) is 0 Å². The van der Waals surface area contributed by atoms with Crippen molar-refractivity contribution < 1.29 is 14.3 Å². The molecule has 1 N–H and O–H groups in total. The molecule has 0 spiro atoms. The molecule has 0 aromatic rings. The molecule has 144 valence electrons. The highest BCUT2D eigenvalue weighted by atomic mass is 16.5. The highest BCUT2D eigenvalue weighted by Gasteiger charge is 2.29. The highest BCUT2D eigenvalue weighted by Crippen LogP contribution is 2.24. The van der Waals surface area contributed by atoms with E-state index >= 15 is 0 Å². The Balaban J connectivity index is 1.67. The molecule has 2 unspecified atom stereocenters. The molecule has 2 aliphatic heterocycles. The predicted octanol–water partition coefficient (Wildman–Crippen LogP) is 2.98. The molecule has 2 saturated heterocycles. The minimum Gasteiger partial charge on any atom is -0.381 e. The van der Waals surface area contributed by atoms with Gasteiger partial charge in [-0.25, -0.2) is 0 Å². The Labute approximate surface area is 152 Å². The Hall–Kier alpha value is -1.10. The van der Waals surface area contributed by atoms with Gasteiger partial charge in [0.05, 0.1) is 0 Å². The van der Waals surface area contributed by atoms with E-state index in [1.165, 1.54) is 0 Å². The molecule has 0 saturated carbocycles. The topological polar surface area (TPSA) is 58.6 Å². The van der Waals surface area contributed by atoms with Gasteiger partial charge in [-0.3, -0.25) is 9.59 Å². The van der Waals surface area contributed by atoms with Gasteiger partial charge in [0.1, 0.15) is 0 Å². The molecular weight excluding hydrogens is 316 g/mol. The zero-order chi connectivity index (χ0) is 18.4. The van der Waals surface area contributed by atoms with E-state index < -0.39 is 0 Å². The van der Waals surface area contributed by atoms with Crippen molar-refractivity contribution in [1.82, 2.24) is 10.2 Å². The van der Waals surface area contributed by atoms with E-state index in [1.807, 2.05) is 11.8 Å². The minimum atomic E-state index is 0.0337. The number of amides is 2. The molecule has 25 heavy (non-hydrogen) atoms. The first-order chi connectivity index (χ1) is 11.7. The average Bonchev–Trinajstić information content (AvgIpc) is 3.21. The molecule has 5 heteroatoms. The summed E-state index contributed by atoms with van der Waals surface area (Å²) in [5.41, 5.74) is 0.259. The van der Waals surface area contributed by atoms with Gasteiger partial charge in [-0.15, -0.1) is 0 Å². The van der Waals surface area contributed by atoms with Crippen molar-refractivity contribution in [3.8, 4) is 0 Å². The van der Waals surface area contributed by atoms with Crippen molar-refractivity contribution in [3.05, 3.63) is 0 Å². The lowest BCUT2D eigenvalue weighted by molar-refractivity contribution is -0.131. The number of carbonyl (C=O) groups is 2. The second kappa shape index (κ2) is 9.02. The smallest absolute Gasteiger partial charge is 0.223 e. The zero-order valence-electron chi connectivity index (χ0n) is 16.5. The van der Waals surface area contributed by atoms with Crippen LogP contribution in [-0.4, -0.2) is 49.1 Å². The van der Waals surface area contributed by atoms with Crippen LogP contribution in [0.1, 0.15) is 66.2 Å². The number of likely N-dealkylation sites (tertiary alicyclic amines) is 1. The quantitative estimate of drug-likeness (QED) is 0.766. The Morgan fingerprint density at radius 1 is 1.28 bits per heavy atom. The second-order valence-corrected chi connectivity index (χ2v) is 9.10. The van der Waals surface area contributed by atoms with Gasteiger partial charge >= 0.3 is 0 Å². The Morgan fingerprint density at radius 2 is 2.04 bits per heavy atom. The third-order valence-electron chi connectivity index (χ3n) is 5.45. The zero-order valence-corrected chi connectivity index (χ0v) is 16.5. The lowest BCUT2D eigenvalue weighted by atomic mass is 9.87. The molecule has 2 fully saturated rings. The second-order valence-electron chi connectivity index (χ2n) is 9.10. The average molecular weight is 353 g/mol. The van der Waals surface area contributed by atoms with Crippen molar-refractivity contribution in [1.29, 1.82) is 0 Å². The summed E-state index contributed by atoms with van der Waals surface area (Å²) in [5.74, 6) is 0.938. The van der Waals surface area contributed by atoms with Crippen LogP contribution in [0.4, 0.5) is 0 Å². The summed E-state index contributed by atoms with van der Waals surface area (Å²) >= 11 is 0. The van der Waals surface area contributed by atoms with Crippen molar-refractivity contribution in [2.75, 3.05) is 26.3 Å². The molecule has 3 atom stereocenters. The van der Waals surface area contributed by atoms with Crippen molar-refractivity contribution in [2.45, 2.75) is 72.3 Å². The number of ether oxygens (including phenoxy) is 1. The van der Waals surface area contributed by atoms with E-state index in [-0.39, 0.29) is 29.2 Å². The molecular formula is C20H36N2O3. The van der Waals surface area contributed by atoms with E-state index in [4.69, 9.17) is 4.74 Å². The maximum atomic E-state index is 12.4. The van der Waals surface area contributed by atoms with Crippen LogP contribution in [0.3, 0.4) is 0 Å². The van der Waals surface area contributed by atoms with Gasteiger partial charge in [0.2, 0.25) is 11.8 Å². The van der Waals surface area contributed by atoms with Crippen LogP contribution < -0.4 is 5.32 Å². The predicted molar refractivity (Wildman–Crippen MR) is 99.1 cm³/mol. The van der Waals surface area contributed by atoms with Crippen LogP contribution in [0.2, 0.25) is 0 Å². The van der Waals surface area contributed by atoms with Gasteiger partial charge in [-0.2, -0.15) is 0 Å². The summed E-state index contributed by atoms with van der Waals surface area (Å²) in [4.78, 5) is 26.6. The summed E-state index contributed by atoms with van der Waals surface area (Å²) in [6, 6.07) is 0.114. The molecule has 2 aliphatic rings. The summed E-state index contributed by atoms with van der Waals surface area (Å²) < 4.78 is 5.37. The summed E-state index contributed by atoms with van der Waals surface area (Å²) in [6.07, 6.45) is 5.44. The third kappa shape index (κ3) is 6.96.